The largest absolute Gasteiger partial charge is 0.379 e. The molecule has 0 bridgehead atoms. The van der Waals surface area contributed by atoms with E-state index < -0.39 is 0 Å². The minimum Gasteiger partial charge on any atom is -0.379 e. The molecule has 2 aliphatic heterocycles. The minimum absolute atomic E-state index is 0. The number of halogens is 2. The molecule has 2 saturated heterocycles. The molecule has 0 aromatic carbocycles. The highest BCUT2D eigenvalue weighted by Gasteiger charge is 2.23. The average molecular weight is 300 g/mol. The molecule has 1 unspecified atom stereocenters. The number of hydrogen-bond acceptors (Lipinski definition) is 4. The van der Waals surface area contributed by atoms with Crippen LogP contribution >= 0.6 is 24.8 Å². The van der Waals surface area contributed by atoms with Crippen LogP contribution in [0.1, 0.15) is 12.8 Å². The first-order valence-electron chi connectivity index (χ1n) is 6.59. The number of nitrogens with one attached hydrogen (secondary N) is 1. The molecule has 2 heterocycles. The topological polar surface area (TPSA) is 27.7 Å². The second-order valence-electron chi connectivity index (χ2n) is 4.84. The SMILES string of the molecule is CNCC1CCCN1CCN1CCOCC1.Cl.Cl. The van der Waals surface area contributed by atoms with E-state index in [0.29, 0.717) is 0 Å². The zero-order valence-electron chi connectivity index (χ0n) is 11.3. The second kappa shape index (κ2) is 10.2. The van der Waals surface area contributed by atoms with E-state index in [1.807, 2.05) is 0 Å². The van der Waals surface area contributed by atoms with E-state index in [0.717, 1.165) is 38.9 Å². The quantitative estimate of drug-likeness (QED) is 0.814. The molecule has 0 saturated carbocycles. The molecule has 6 heteroatoms. The van der Waals surface area contributed by atoms with Gasteiger partial charge in [-0.2, -0.15) is 0 Å². The second-order valence-corrected chi connectivity index (χ2v) is 4.84. The van der Waals surface area contributed by atoms with Crippen molar-refractivity contribution in [1.29, 1.82) is 0 Å². The van der Waals surface area contributed by atoms with Gasteiger partial charge in [-0.3, -0.25) is 9.80 Å². The fraction of sp³-hybridized carbons (Fsp3) is 1.00. The standard InChI is InChI=1S/C12H25N3O.2ClH/c1-13-11-12-3-2-4-15(12)6-5-14-7-9-16-10-8-14;;/h12-13H,2-11H2,1H3;2*1H. The molecule has 1 atom stereocenters. The van der Waals surface area contributed by atoms with E-state index in [1.165, 1.54) is 32.5 Å². The van der Waals surface area contributed by atoms with Crippen LogP contribution in [0.2, 0.25) is 0 Å². The molecule has 0 aromatic rings. The lowest BCUT2D eigenvalue weighted by molar-refractivity contribution is 0.0327. The molecule has 0 aliphatic carbocycles. The number of likely N-dealkylation sites (N-methyl/N-ethyl adjacent to an activating group) is 1. The monoisotopic (exact) mass is 299 g/mol. The van der Waals surface area contributed by atoms with Gasteiger partial charge in [0, 0.05) is 38.8 Å². The van der Waals surface area contributed by atoms with Crippen LogP contribution in [0.15, 0.2) is 0 Å². The summed E-state index contributed by atoms with van der Waals surface area (Å²) in [7, 11) is 2.05. The van der Waals surface area contributed by atoms with Crippen molar-refractivity contribution in [1.82, 2.24) is 15.1 Å². The van der Waals surface area contributed by atoms with Gasteiger partial charge in [0.15, 0.2) is 0 Å². The third kappa shape index (κ3) is 5.59. The third-order valence-electron chi connectivity index (χ3n) is 3.75. The summed E-state index contributed by atoms with van der Waals surface area (Å²) in [6, 6.07) is 0.769. The Morgan fingerprint density at radius 3 is 2.50 bits per heavy atom. The van der Waals surface area contributed by atoms with Crippen molar-refractivity contribution in [3.8, 4) is 0 Å². The maximum atomic E-state index is 5.37. The van der Waals surface area contributed by atoms with Crippen LogP contribution in [-0.2, 0) is 4.74 Å². The van der Waals surface area contributed by atoms with E-state index in [4.69, 9.17) is 4.74 Å². The Morgan fingerprint density at radius 1 is 1.11 bits per heavy atom. The molecular weight excluding hydrogens is 273 g/mol. The lowest BCUT2D eigenvalue weighted by Gasteiger charge is -2.30. The maximum Gasteiger partial charge on any atom is 0.0594 e. The summed E-state index contributed by atoms with van der Waals surface area (Å²) in [5.41, 5.74) is 0. The highest BCUT2D eigenvalue weighted by atomic mass is 35.5. The van der Waals surface area contributed by atoms with E-state index in [9.17, 15) is 0 Å². The summed E-state index contributed by atoms with van der Waals surface area (Å²) in [4.78, 5) is 5.17. The molecule has 2 rings (SSSR count). The zero-order chi connectivity index (χ0) is 11.2. The molecule has 0 aromatic heterocycles. The molecule has 2 aliphatic rings. The van der Waals surface area contributed by atoms with E-state index in [1.54, 1.807) is 0 Å². The Kier molecular flexibility index (Phi) is 10.5. The van der Waals surface area contributed by atoms with E-state index in [-0.39, 0.29) is 24.8 Å². The first-order valence-corrected chi connectivity index (χ1v) is 6.59. The first-order chi connectivity index (χ1) is 7.90. The Bertz CT molecular complexity index is 204. The Balaban J connectivity index is 0.00000144. The van der Waals surface area contributed by atoms with Crippen molar-refractivity contribution in [2.75, 3.05) is 59.5 Å². The lowest BCUT2D eigenvalue weighted by Crippen LogP contribution is -2.44. The number of morpholine rings is 1. The average Bonchev–Trinajstić information content (AvgIpc) is 2.76. The highest BCUT2D eigenvalue weighted by Crippen LogP contribution is 2.16. The van der Waals surface area contributed by atoms with Gasteiger partial charge in [-0.25, -0.2) is 0 Å². The van der Waals surface area contributed by atoms with Crippen molar-refractivity contribution in [3.63, 3.8) is 0 Å². The van der Waals surface area contributed by atoms with Gasteiger partial charge in [0.25, 0.3) is 0 Å². The summed E-state index contributed by atoms with van der Waals surface area (Å²) in [5.74, 6) is 0. The highest BCUT2D eigenvalue weighted by molar-refractivity contribution is 5.85. The summed E-state index contributed by atoms with van der Waals surface area (Å²) in [5, 5.41) is 3.30. The fourth-order valence-corrected chi connectivity index (χ4v) is 2.75. The predicted molar refractivity (Wildman–Crippen MR) is 80.3 cm³/mol. The third-order valence-corrected chi connectivity index (χ3v) is 3.75. The van der Waals surface area contributed by atoms with E-state index in [2.05, 4.69) is 22.2 Å². The zero-order valence-corrected chi connectivity index (χ0v) is 12.9. The molecule has 18 heavy (non-hydrogen) atoms. The van der Waals surface area contributed by atoms with Gasteiger partial charge in [-0.15, -0.1) is 24.8 Å². The summed E-state index contributed by atoms with van der Waals surface area (Å²) >= 11 is 0. The van der Waals surface area contributed by atoms with Crippen molar-refractivity contribution in [3.05, 3.63) is 0 Å². The van der Waals surface area contributed by atoms with Crippen LogP contribution in [0, 0.1) is 0 Å². The van der Waals surface area contributed by atoms with Crippen molar-refractivity contribution in [2.24, 2.45) is 0 Å². The molecular formula is C12H27Cl2N3O. The van der Waals surface area contributed by atoms with Crippen molar-refractivity contribution in [2.45, 2.75) is 18.9 Å². The van der Waals surface area contributed by atoms with Gasteiger partial charge < -0.3 is 10.1 Å². The van der Waals surface area contributed by atoms with Crippen LogP contribution in [-0.4, -0.2) is 75.4 Å². The lowest BCUT2D eigenvalue weighted by atomic mass is 10.2. The Morgan fingerprint density at radius 2 is 1.83 bits per heavy atom. The maximum absolute atomic E-state index is 5.37. The van der Waals surface area contributed by atoms with Crippen molar-refractivity contribution >= 4 is 24.8 Å². The van der Waals surface area contributed by atoms with Crippen LogP contribution < -0.4 is 5.32 Å². The molecule has 2 fully saturated rings. The summed E-state index contributed by atoms with van der Waals surface area (Å²) in [6.45, 7) is 8.94. The first kappa shape index (κ1) is 18.4. The molecule has 4 nitrogen and oxygen atoms in total. The number of hydrogen-bond donors (Lipinski definition) is 1. The van der Waals surface area contributed by atoms with Gasteiger partial charge >= 0.3 is 0 Å². The van der Waals surface area contributed by atoms with Crippen LogP contribution in [0.3, 0.4) is 0 Å². The number of rotatable bonds is 5. The van der Waals surface area contributed by atoms with Gasteiger partial charge in [-0.1, -0.05) is 0 Å². The molecule has 0 radical (unpaired) electrons. The van der Waals surface area contributed by atoms with Crippen LogP contribution in [0.4, 0.5) is 0 Å². The fourth-order valence-electron chi connectivity index (χ4n) is 2.75. The molecule has 1 N–H and O–H groups in total. The Hall–Kier alpha value is 0.420. The molecule has 110 valence electrons. The van der Waals surface area contributed by atoms with Gasteiger partial charge in [0.1, 0.15) is 0 Å². The Labute approximate surface area is 123 Å². The molecule has 0 amide bonds. The molecule has 0 spiro atoms. The summed E-state index contributed by atoms with van der Waals surface area (Å²) in [6.07, 6.45) is 2.74. The minimum atomic E-state index is 0. The predicted octanol–water partition coefficient (Wildman–Crippen LogP) is 0.846. The number of likely N-dealkylation sites (tertiary alicyclic amines) is 1. The van der Waals surface area contributed by atoms with Gasteiger partial charge in [-0.05, 0) is 26.4 Å². The van der Waals surface area contributed by atoms with Crippen LogP contribution in [0.5, 0.6) is 0 Å². The summed E-state index contributed by atoms with van der Waals surface area (Å²) < 4.78 is 5.37. The van der Waals surface area contributed by atoms with Gasteiger partial charge in [0.2, 0.25) is 0 Å². The van der Waals surface area contributed by atoms with Crippen molar-refractivity contribution < 1.29 is 4.74 Å². The number of ether oxygens (including phenoxy) is 1. The smallest absolute Gasteiger partial charge is 0.0594 e. The van der Waals surface area contributed by atoms with Crippen LogP contribution in [0.25, 0.3) is 0 Å². The number of nitrogens with zero attached hydrogens (tertiary/aromatic N) is 2. The van der Waals surface area contributed by atoms with E-state index >= 15 is 0 Å². The van der Waals surface area contributed by atoms with Gasteiger partial charge in [0.05, 0.1) is 13.2 Å². The normalized spacial score (nSPS) is 25.5.